The maximum absolute atomic E-state index is 8.62. The smallest absolute Gasteiger partial charge is 0.0582 e. The third kappa shape index (κ3) is 1.93. The third-order valence-electron chi connectivity index (χ3n) is 1.58. The zero-order valence-corrected chi connectivity index (χ0v) is 5.72. The maximum Gasteiger partial charge on any atom is 0.0582 e. The summed E-state index contributed by atoms with van der Waals surface area (Å²) in [5.41, 5.74) is 0. The van der Waals surface area contributed by atoms with Crippen LogP contribution in [0, 0.1) is 0 Å². The van der Waals surface area contributed by atoms with Gasteiger partial charge in [-0.25, -0.2) is 0 Å². The van der Waals surface area contributed by atoms with Crippen molar-refractivity contribution in [2.45, 2.75) is 19.0 Å². The molecule has 3 nitrogen and oxygen atoms in total. The van der Waals surface area contributed by atoms with Gasteiger partial charge in [-0.3, -0.25) is 0 Å². The van der Waals surface area contributed by atoms with E-state index in [2.05, 4.69) is 10.6 Å². The van der Waals surface area contributed by atoms with Crippen LogP contribution in [-0.4, -0.2) is 36.9 Å². The van der Waals surface area contributed by atoms with Crippen LogP contribution in [-0.2, 0) is 0 Å². The summed E-state index contributed by atoms with van der Waals surface area (Å²) in [7, 11) is 0. The van der Waals surface area contributed by atoms with Gasteiger partial charge in [0.2, 0.25) is 0 Å². The molecule has 0 spiro atoms. The van der Waals surface area contributed by atoms with E-state index in [1.807, 2.05) is 6.92 Å². The molecule has 0 aliphatic carbocycles. The van der Waals surface area contributed by atoms with E-state index in [4.69, 9.17) is 5.11 Å². The summed E-state index contributed by atoms with van der Waals surface area (Å²) in [6, 6.07) is 0.837. The predicted molar refractivity (Wildman–Crippen MR) is 36.3 cm³/mol. The second kappa shape index (κ2) is 3.15. The van der Waals surface area contributed by atoms with Crippen LogP contribution in [0.25, 0.3) is 0 Å². The van der Waals surface area contributed by atoms with E-state index in [0.29, 0.717) is 6.04 Å². The average molecular weight is 130 g/mol. The van der Waals surface area contributed by atoms with Gasteiger partial charge in [-0.1, -0.05) is 0 Å². The number of nitrogens with one attached hydrogen (secondary N) is 2. The lowest BCUT2D eigenvalue weighted by molar-refractivity contribution is 0.224. The minimum Gasteiger partial charge on any atom is -0.395 e. The number of aliphatic hydroxyl groups excluding tert-OH is 1. The van der Waals surface area contributed by atoms with Crippen molar-refractivity contribution in [3.8, 4) is 0 Å². The molecule has 0 aromatic heterocycles. The molecule has 0 bridgehead atoms. The molecule has 1 aliphatic rings. The minimum atomic E-state index is 0.233. The number of hydrogen-bond donors (Lipinski definition) is 3. The summed E-state index contributed by atoms with van der Waals surface area (Å²) >= 11 is 0. The quantitative estimate of drug-likeness (QED) is 0.456. The Bertz CT molecular complexity index is 80.4. The van der Waals surface area contributed by atoms with Crippen molar-refractivity contribution in [3.05, 3.63) is 0 Å². The lowest BCUT2D eigenvalue weighted by Crippen LogP contribution is -2.58. The van der Waals surface area contributed by atoms with Gasteiger partial charge in [0.25, 0.3) is 0 Å². The molecule has 3 heteroatoms. The van der Waals surface area contributed by atoms with Crippen LogP contribution in [0.1, 0.15) is 6.92 Å². The highest BCUT2D eigenvalue weighted by molar-refractivity contribution is 4.83. The SMILES string of the molecule is C[C@H](CO)NC1CNC1. The summed E-state index contributed by atoms with van der Waals surface area (Å²) in [5.74, 6) is 0. The van der Waals surface area contributed by atoms with Gasteiger partial charge in [0.1, 0.15) is 0 Å². The van der Waals surface area contributed by atoms with E-state index in [0.717, 1.165) is 13.1 Å². The second-order valence-electron chi connectivity index (χ2n) is 2.61. The number of rotatable bonds is 3. The van der Waals surface area contributed by atoms with Gasteiger partial charge in [0.05, 0.1) is 6.61 Å². The van der Waals surface area contributed by atoms with Gasteiger partial charge in [-0.2, -0.15) is 0 Å². The molecule has 54 valence electrons. The Balaban J connectivity index is 2.01. The molecule has 0 saturated carbocycles. The van der Waals surface area contributed by atoms with E-state index in [-0.39, 0.29) is 12.6 Å². The van der Waals surface area contributed by atoms with Crippen molar-refractivity contribution < 1.29 is 5.11 Å². The molecule has 0 amide bonds. The zero-order valence-electron chi connectivity index (χ0n) is 5.72. The van der Waals surface area contributed by atoms with Gasteiger partial charge in [-0.15, -0.1) is 0 Å². The standard InChI is InChI=1S/C6H14N2O/c1-5(4-9)8-6-2-7-3-6/h5-9H,2-4H2,1H3/t5-/m1/s1. The second-order valence-corrected chi connectivity index (χ2v) is 2.61. The molecule has 1 heterocycles. The fraction of sp³-hybridized carbons (Fsp3) is 1.00. The third-order valence-corrected chi connectivity index (χ3v) is 1.58. The maximum atomic E-state index is 8.62. The van der Waals surface area contributed by atoms with Crippen molar-refractivity contribution >= 4 is 0 Å². The lowest BCUT2D eigenvalue weighted by Gasteiger charge is -2.30. The molecule has 1 atom stereocenters. The van der Waals surface area contributed by atoms with Crippen LogP contribution >= 0.6 is 0 Å². The number of hydrogen-bond acceptors (Lipinski definition) is 3. The molecule has 1 saturated heterocycles. The van der Waals surface area contributed by atoms with Gasteiger partial charge in [0, 0.05) is 25.2 Å². The zero-order chi connectivity index (χ0) is 6.69. The Morgan fingerprint density at radius 3 is 2.78 bits per heavy atom. The van der Waals surface area contributed by atoms with E-state index in [1.54, 1.807) is 0 Å². The highest BCUT2D eigenvalue weighted by Gasteiger charge is 2.17. The first kappa shape index (κ1) is 6.99. The Morgan fingerprint density at radius 1 is 1.78 bits per heavy atom. The van der Waals surface area contributed by atoms with Crippen LogP contribution in [0.4, 0.5) is 0 Å². The van der Waals surface area contributed by atoms with Crippen molar-refractivity contribution in [2.24, 2.45) is 0 Å². The molecule has 1 rings (SSSR count). The van der Waals surface area contributed by atoms with Crippen molar-refractivity contribution in [1.29, 1.82) is 0 Å². The van der Waals surface area contributed by atoms with Crippen molar-refractivity contribution in [3.63, 3.8) is 0 Å². The first-order valence-corrected chi connectivity index (χ1v) is 3.40. The summed E-state index contributed by atoms with van der Waals surface area (Å²) in [5, 5.41) is 15.0. The van der Waals surface area contributed by atoms with Crippen LogP contribution in [0.15, 0.2) is 0 Å². The lowest BCUT2D eigenvalue weighted by atomic mass is 10.1. The topological polar surface area (TPSA) is 44.3 Å². The van der Waals surface area contributed by atoms with Gasteiger partial charge in [-0.05, 0) is 6.92 Å². The van der Waals surface area contributed by atoms with Crippen LogP contribution in [0.3, 0.4) is 0 Å². The molecule has 9 heavy (non-hydrogen) atoms. The summed E-state index contributed by atoms with van der Waals surface area (Å²) in [6.07, 6.45) is 0. The van der Waals surface area contributed by atoms with Gasteiger partial charge in [0.15, 0.2) is 0 Å². The Labute approximate surface area is 55.5 Å². The van der Waals surface area contributed by atoms with Crippen LogP contribution in [0.5, 0.6) is 0 Å². The Morgan fingerprint density at radius 2 is 2.44 bits per heavy atom. The van der Waals surface area contributed by atoms with Crippen molar-refractivity contribution in [2.75, 3.05) is 19.7 Å². The monoisotopic (exact) mass is 130 g/mol. The number of aliphatic hydroxyl groups is 1. The molecular formula is C6H14N2O. The highest BCUT2D eigenvalue weighted by atomic mass is 16.3. The molecular weight excluding hydrogens is 116 g/mol. The molecule has 0 radical (unpaired) electrons. The molecule has 1 aliphatic heterocycles. The predicted octanol–water partition coefficient (Wildman–Crippen LogP) is -1.07. The fourth-order valence-electron chi connectivity index (χ4n) is 0.862. The molecule has 0 unspecified atom stereocenters. The molecule has 1 fully saturated rings. The van der Waals surface area contributed by atoms with Gasteiger partial charge < -0.3 is 15.7 Å². The van der Waals surface area contributed by atoms with Crippen LogP contribution in [0.2, 0.25) is 0 Å². The summed E-state index contributed by atoms with van der Waals surface area (Å²) in [4.78, 5) is 0. The Hall–Kier alpha value is -0.120. The Kier molecular flexibility index (Phi) is 2.45. The fourth-order valence-corrected chi connectivity index (χ4v) is 0.862. The molecule has 0 aromatic carbocycles. The van der Waals surface area contributed by atoms with E-state index < -0.39 is 0 Å². The van der Waals surface area contributed by atoms with Gasteiger partial charge >= 0.3 is 0 Å². The highest BCUT2D eigenvalue weighted by Crippen LogP contribution is 1.92. The van der Waals surface area contributed by atoms with E-state index in [1.165, 1.54) is 0 Å². The van der Waals surface area contributed by atoms with E-state index >= 15 is 0 Å². The largest absolute Gasteiger partial charge is 0.395 e. The summed E-state index contributed by atoms with van der Waals surface area (Å²) in [6.45, 7) is 4.31. The summed E-state index contributed by atoms with van der Waals surface area (Å²) < 4.78 is 0. The first-order chi connectivity index (χ1) is 4.33. The normalized spacial score (nSPS) is 23.3. The molecule has 0 aromatic rings. The van der Waals surface area contributed by atoms with Crippen molar-refractivity contribution in [1.82, 2.24) is 10.6 Å². The minimum absolute atomic E-state index is 0.233. The van der Waals surface area contributed by atoms with E-state index in [9.17, 15) is 0 Å². The first-order valence-electron chi connectivity index (χ1n) is 3.40. The molecule has 3 N–H and O–H groups in total. The average Bonchev–Trinajstić information content (AvgIpc) is 1.78. The van der Waals surface area contributed by atoms with Crippen LogP contribution < -0.4 is 10.6 Å².